The van der Waals surface area contributed by atoms with Gasteiger partial charge in [-0.25, -0.2) is 0 Å². The van der Waals surface area contributed by atoms with Gasteiger partial charge in [-0.2, -0.15) is 0 Å². The number of unbranched alkanes of at least 4 members (excludes halogenated alkanes) is 5. The van der Waals surface area contributed by atoms with E-state index in [0.717, 1.165) is 12.5 Å². The van der Waals surface area contributed by atoms with Crippen molar-refractivity contribution in [1.29, 1.82) is 0 Å². The molecule has 0 aromatic heterocycles. The highest BCUT2D eigenvalue weighted by Gasteiger charge is 2.16. The van der Waals surface area contributed by atoms with E-state index in [0.29, 0.717) is 0 Å². The summed E-state index contributed by atoms with van der Waals surface area (Å²) in [6, 6.07) is 0. The second kappa shape index (κ2) is 9.00. The topological polar surface area (TPSA) is 29.3 Å². The minimum atomic E-state index is 0.806. The molecule has 1 saturated heterocycles. The Morgan fingerprint density at radius 2 is 1.62 bits per heavy atom. The van der Waals surface area contributed by atoms with Gasteiger partial charge in [0.2, 0.25) is 0 Å². The average Bonchev–Trinajstić information content (AvgIpc) is 2.34. The molecule has 0 atom stereocenters. The van der Waals surface area contributed by atoms with Gasteiger partial charge in [0.05, 0.1) is 0 Å². The first kappa shape index (κ1) is 14.0. The van der Waals surface area contributed by atoms with E-state index in [1.165, 1.54) is 71.0 Å². The summed E-state index contributed by atoms with van der Waals surface area (Å²) < 4.78 is 0. The van der Waals surface area contributed by atoms with E-state index in [1.54, 1.807) is 0 Å². The number of likely N-dealkylation sites (tertiary alicyclic amines) is 1. The lowest BCUT2D eigenvalue weighted by molar-refractivity contribution is 0.184. The number of nitrogens with zero attached hydrogens (tertiary/aromatic N) is 1. The minimum Gasteiger partial charge on any atom is -0.330 e. The van der Waals surface area contributed by atoms with Crippen molar-refractivity contribution >= 4 is 0 Å². The maximum atomic E-state index is 5.70. The van der Waals surface area contributed by atoms with Crippen LogP contribution < -0.4 is 5.73 Å². The Balaban J connectivity index is 1.90. The van der Waals surface area contributed by atoms with E-state index in [9.17, 15) is 0 Å². The lowest BCUT2D eigenvalue weighted by atomic mass is 9.97. The van der Waals surface area contributed by atoms with Crippen LogP contribution in [0, 0.1) is 5.92 Å². The van der Waals surface area contributed by atoms with E-state index in [1.807, 2.05) is 0 Å². The Hall–Kier alpha value is -0.0800. The molecule has 2 N–H and O–H groups in total. The van der Waals surface area contributed by atoms with Gasteiger partial charge in [0, 0.05) is 0 Å². The zero-order chi connectivity index (χ0) is 11.6. The molecule has 0 bridgehead atoms. The van der Waals surface area contributed by atoms with Gasteiger partial charge in [-0.3, -0.25) is 0 Å². The van der Waals surface area contributed by atoms with Crippen LogP contribution >= 0.6 is 0 Å². The smallest absolute Gasteiger partial charge is 0.00156 e. The van der Waals surface area contributed by atoms with Crippen molar-refractivity contribution in [2.24, 2.45) is 11.7 Å². The molecule has 0 radical (unpaired) electrons. The largest absolute Gasteiger partial charge is 0.330 e. The molecule has 1 aliphatic rings. The van der Waals surface area contributed by atoms with Crippen molar-refractivity contribution in [2.45, 2.75) is 58.3 Å². The summed E-state index contributed by atoms with van der Waals surface area (Å²) in [5.41, 5.74) is 5.70. The summed E-state index contributed by atoms with van der Waals surface area (Å²) in [5, 5.41) is 0. The molecule has 16 heavy (non-hydrogen) atoms. The fourth-order valence-electron chi connectivity index (χ4n) is 2.56. The fraction of sp³-hybridized carbons (Fsp3) is 1.00. The molecule has 0 saturated carbocycles. The van der Waals surface area contributed by atoms with Crippen molar-refractivity contribution in [3.63, 3.8) is 0 Å². The van der Waals surface area contributed by atoms with Crippen molar-refractivity contribution in [1.82, 2.24) is 4.90 Å². The zero-order valence-corrected chi connectivity index (χ0v) is 11.1. The molecule has 2 heteroatoms. The molecule has 0 unspecified atom stereocenters. The van der Waals surface area contributed by atoms with Crippen LogP contribution in [0.5, 0.6) is 0 Å². The van der Waals surface area contributed by atoms with Crippen molar-refractivity contribution in [3.05, 3.63) is 0 Å². The lowest BCUT2D eigenvalue weighted by Gasteiger charge is -2.31. The number of piperidine rings is 1. The quantitative estimate of drug-likeness (QED) is 0.645. The van der Waals surface area contributed by atoms with E-state index in [-0.39, 0.29) is 0 Å². The third-order valence-corrected chi connectivity index (χ3v) is 3.87. The van der Waals surface area contributed by atoms with Gasteiger partial charge < -0.3 is 10.6 Å². The van der Waals surface area contributed by atoms with Gasteiger partial charge >= 0.3 is 0 Å². The van der Waals surface area contributed by atoms with Crippen LogP contribution in [0.2, 0.25) is 0 Å². The van der Waals surface area contributed by atoms with Crippen molar-refractivity contribution in [2.75, 3.05) is 26.2 Å². The van der Waals surface area contributed by atoms with Gasteiger partial charge in [-0.1, -0.05) is 39.0 Å². The Kier molecular flexibility index (Phi) is 7.87. The maximum Gasteiger partial charge on any atom is -0.00156 e. The molecule has 0 amide bonds. The summed E-state index contributed by atoms with van der Waals surface area (Å²) in [6.45, 7) is 7.07. The molecule has 2 nitrogen and oxygen atoms in total. The third kappa shape index (κ3) is 5.86. The third-order valence-electron chi connectivity index (χ3n) is 3.87. The first-order chi connectivity index (χ1) is 7.86. The fourth-order valence-corrected chi connectivity index (χ4v) is 2.56. The predicted molar refractivity (Wildman–Crippen MR) is 71.6 cm³/mol. The monoisotopic (exact) mass is 226 g/mol. The summed E-state index contributed by atoms with van der Waals surface area (Å²) in [6.07, 6.45) is 11.1. The SMILES string of the molecule is CCCCCCCCN1CCC(CN)CC1. The van der Waals surface area contributed by atoms with Gasteiger partial charge in [0.15, 0.2) is 0 Å². The standard InChI is InChI=1S/C14H30N2/c1-2-3-4-5-6-7-10-16-11-8-14(13-15)9-12-16/h14H,2-13,15H2,1H3. The molecule has 1 fully saturated rings. The summed E-state index contributed by atoms with van der Waals surface area (Å²) in [5.74, 6) is 0.806. The molecule has 0 spiro atoms. The van der Waals surface area contributed by atoms with E-state index in [2.05, 4.69) is 11.8 Å². The van der Waals surface area contributed by atoms with Crippen LogP contribution in [0.4, 0.5) is 0 Å². The second-order valence-electron chi connectivity index (χ2n) is 5.29. The number of nitrogens with two attached hydrogens (primary N) is 1. The van der Waals surface area contributed by atoms with E-state index >= 15 is 0 Å². The minimum absolute atomic E-state index is 0.806. The van der Waals surface area contributed by atoms with E-state index < -0.39 is 0 Å². The first-order valence-corrected chi connectivity index (χ1v) is 7.29. The van der Waals surface area contributed by atoms with Gasteiger partial charge in [0.1, 0.15) is 0 Å². The molecule has 0 aromatic carbocycles. The summed E-state index contributed by atoms with van der Waals surface area (Å²) in [7, 11) is 0. The van der Waals surface area contributed by atoms with Crippen LogP contribution in [-0.2, 0) is 0 Å². The highest BCUT2D eigenvalue weighted by Crippen LogP contribution is 2.16. The summed E-state index contributed by atoms with van der Waals surface area (Å²) >= 11 is 0. The van der Waals surface area contributed by atoms with Crippen molar-refractivity contribution in [3.8, 4) is 0 Å². The van der Waals surface area contributed by atoms with E-state index in [4.69, 9.17) is 5.73 Å². The normalized spacial score (nSPS) is 19.1. The first-order valence-electron chi connectivity index (χ1n) is 7.29. The molecule has 0 aliphatic carbocycles. The Bertz CT molecular complexity index is 151. The second-order valence-corrected chi connectivity index (χ2v) is 5.29. The zero-order valence-electron chi connectivity index (χ0n) is 11.1. The Morgan fingerprint density at radius 3 is 2.25 bits per heavy atom. The molecular weight excluding hydrogens is 196 g/mol. The number of hydrogen-bond acceptors (Lipinski definition) is 2. The summed E-state index contributed by atoms with van der Waals surface area (Å²) in [4.78, 5) is 2.63. The molecule has 96 valence electrons. The number of rotatable bonds is 8. The van der Waals surface area contributed by atoms with Crippen LogP contribution in [0.1, 0.15) is 58.3 Å². The van der Waals surface area contributed by atoms with Crippen LogP contribution in [-0.4, -0.2) is 31.1 Å². The average molecular weight is 226 g/mol. The lowest BCUT2D eigenvalue weighted by Crippen LogP contribution is -2.36. The molecule has 1 heterocycles. The van der Waals surface area contributed by atoms with Gasteiger partial charge in [-0.05, 0) is 51.4 Å². The molecular formula is C14H30N2. The van der Waals surface area contributed by atoms with Gasteiger partial charge in [0.25, 0.3) is 0 Å². The van der Waals surface area contributed by atoms with Crippen molar-refractivity contribution < 1.29 is 0 Å². The van der Waals surface area contributed by atoms with Crippen LogP contribution in [0.3, 0.4) is 0 Å². The Morgan fingerprint density at radius 1 is 1.00 bits per heavy atom. The molecule has 1 aliphatic heterocycles. The molecule has 0 aromatic rings. The highest BCUT2D eigenvalue weighted by molar-refractivity contribution is 4.72. The van der Waals surface area contributed by atoms with Crippen LogP contribution in [0.15, 0.2) is 0 Å². The number of hydrogen-bond donors (Lipinski definition) is 1. The predicted octanol–water partition coefficient (Wildman–Crippen LogP) is 3.02. The Labute approximate surface area is 102 Å². The molecule has 1 rings (SSSR count). The van der Waals surface area contributed by atoms with Gasteiger partial charge in [-0.15, -0.1) is 0 Å². The van der Waals surface area contributed by atoms with Crippen LogP contribution in [0.25, 0.3) is 0 Å². The highest BCUT2D eigenvalue weighted by atomic mass is 15.1. The maximum absolute atomic E-state index is 5.70.